The second kappa shape index (κ2) is 7.53. The first-order chi connectivity index (χ1) is 13.7. The van der Waals surface area contributed by atoms with E-state index in [1.54, 1.807) is 47.0 Å². The summed E-state index contributed by atoms with van der Waals surface area (Å²) in [5, 5.41) is 9.27. The average Bonchev–Trinajstić information content (AvgIpc) is 3.20. The van der Waals surface area contributed by atoms with Crippen LogP contribution in [0.25, 0.3) is 10.9 Å². The molecular weight excluding hydrogens is 358 g/mol. The summed E-state index contributed by atoms with van der Waals surface area (Å²) in [7, 11) is 0. The van der Waals surface area contributed by atoms with E-state index in [4.69, 9.17) is 14.7 Å². The van der Waals surface area contributed by atoms with E-state index in [-0.39, 0.29) is 18.8 Å². The predicted octanol–water partition coefficient (Wildman–Crippen LogP) is 2.45. The fourth-order valence-corrected chi connectivity index (χ4v) is 3.21. The number of esters is 1. The molecular formula is C21H17N3O4. The molecule has 0 aliphatic carbocycles. The number of nitriles is 1. The van der Waals surface area contributed by atoms with Crippen molar-refractivity contribution in [2.45, 2.75) is 19.4 Å². The van der Waals surface area contributed by atoms with Gasteiger partial charge in [0.1, 0.15) is 24.8 Å². The van der Waals surface area contributed by atoms with E-state index in [0.29, 0.717) is 34.3 Å². The minimum Gasteiger partial charge on any atom is -0.490 e. The molecule has 140 valence electrons. The third-order valence-electron chi connectivity index (χ3n) is 4.62. The van der Waals surface area contributed by atoms with Crippen LogP contribution in [0.3, 0.4) is 0 Å². The monoisotopic (exact) mass is 375 g/mol. The largest absolute Gasteiger partial charge is 0.490 e. The highest BCUT2D eigenvalue weighted by Gasteiger charge is 2.17. The number of aryl methyl sites for hydroxylation is 1. The zero-order valence-corrected chi connectivity index (χ0v) is 15.1. The molecule has 0 bridgehead atoms. The summed E-state index contributed by atoms with van der Waals surface area (Å²) >= 11 is 0. The van der Waals surface area contributed by atoms with Crippen molar-refractivity contribution < 1.29 is 14.3 Å². The topological polar surface area (TPSA) is 94.2 Å². The summed E-state index contributed by atoms with van der Waals surface area (Å²) in [5.41, 5.74) is 1.35. The summed E-state index contributed by atoms with van der Waals surface area (Å²) in [4.78, 5) is 29.3. The molecule has 0 saturated carbocycles. The third-order valence-corrected chi connectivity index (χ3v) is 4.62. The van der Waals surface area contributed by atoms with Crippen LogP contribution in [-0.2, 0) is 17.7 Å². The van der Waals surface area contributed by atoms with E-state index in [2.05, 4.69) is 4.98 Å². The van der Waals surface area contributed by atoms with E-state index in [9.17, 15) is 9.59 Å². The van der Waals surface area contributed by atoms with Crippen LogP contribution in [0.15, 0.2) is 47.3 Å². The molecule has 0 amide bonds. The molecule has 0 atom stereocenters. The van der Waals surface area contributed by atoms with Crippen LogP contribution in [0.1, 0.15) is 28.2 Å². The average molecular weight is 375 g/mol. The Labute approximate surface area is 160 Å². The minimum atomic E-state index is -0.493. The van der Waals surface area contributed by atoms with Gasteiger partial charge in [-0.05, 0) is 48.9 Å². The number of carbonyl (C=O) groups excluding carboxylic acids is 1. The lowest BCUT2D eigenvalue weighted by atomic mass is 10.1. The predicted molar refractivity (Wildman–Crippen MR) is 101 cm³/mol. The Hall–Kier alpha value is -3.66. The molecule has 1 aliphatic heterocycles. The van der Waals surface area contributed by atoms with Gasteiger partial charge in [0.25, 0.3) is 5.56 Å². The van der Waals surface area contributed by atoms with Crippen LogP contribution in [0.4, 0.5) is 0 Å². The fourth-order valence-electron chi connectivity index (χ4n) is 3.21. The Kier molecular flexibility index (Phi) is 4.77. The van der Waals surface area contributed by atoms with Crippen LogP contribution in [0, 0.1) is 11.3 Å². The lowest BCUT2D eigenvalue weighted by Gasteiger charge is -2.09. The molecule has 0 N–H and O–H groups in total. The molecule has 3 aromatic rings. The molecule has 1 aromatic heterocycles. The normalized spacial score (nSPS) is 12.4. The van der Waals surface area contributed by atoms with Gasteiger partial charge in [0.15, 0.2) is 0 Å². The molecule has 0 spiro atoms. The quantitative estimate of drug-likeness (QED) is 0.502. The van der Waals surface area contributed by atoms with Crippen LogP contribution in [0.2, 0.25) is 0 Å². The van der Waals surface area contributed by atoms with Gasteiger partial charge in [-0.2, -0.15) is 5.26 Å². The third kappa shape index (κ3) is 3.45. The number of benzene rings is 2. The van der Waals surface area contributed by atoms with Crippen molar-refractivity contribution in [3.63, 3.8) is 0 Å². The highest BCUT2D eigenvalue weighted by Crippen LogP contribution is 2.17. The van der Waals surface area contributed by atoms with Crippen molar-refractivity contribution >= 4 is 16.9 Å². The van der Waals surface area contributed by atoms with Gasteiger partial charge in [-0.3, -0.25) is 9.36 Å². The number of carbonyl (C=O) groups is 1. The Balaban J connectivity index is 1.39. The summed E-state index contributed by atoms with van der Waals surface area (Å²) < 4.78 is 12.4. The Bertz CT molecular complexity index is 1140. The van der Waals surface area contributed by atoms with Crippen molar-refractivity contribution in [3.8, 4) is 11.8 Å². The molecule has 2 aromatic carbocycles. The van der Waals surface area contributed by atoms with E-state index in [0.717, 1.165) is 18.7 Å². The maximum Gasteiger partial charge on any atom is 0.338 e. The van der Waals surface area contributed by atoms with E-state index in [1.807, 2.05) is 6.07 Å². The zero-order valence-electron chi connectivity index (χ0n) is 15.1. The molecule has 0 unspecified atom stereocenters. The minimum absolute atomic E-state index is 0.0618. The van der Waals surface area contributed by atoms with Gasteiger partial charge in [0, 0.05) is 13.0 Å². The number of hydrogen-bond donors (Lipinski definition) is 0. The molecule has 0 saturated heterocycles. The lowest BCUT2D eigenvalue weighted by Crippen LogP contribution is -2.21. The van der Waals surface area contributed by atoms with Crippen LogP contribution < -0.4 is 10.3 Å². The van der Waals surface area contributed by atoms with Gasteiger partial charge in [-0.15, -0.1) is 0 Å². The molecule has 0 fully saturated rings. The Morgan fingerprint density at radius 2 is 2.00 bits per heavy atom. The molecule has 28 heavy (non-hydrogen) atoms. The maximum atomic E-state index is 12.5. The smallest absolute Gasteiger partial charge is 0.338 e. The van der Waals surface area contributed by atoms with Crippen molar-refractivity contribution in [1.29, 1.82) is 5.26 Å². The Morgan fingerprint density at radius 1 is 1.18 bits per heavy atom. The lowest BCUT2D eigenvalue weighted by molar-refractivity contribution is 0.0450. The zero-order chi connectivity index (χ0) is 19.5. The van der Waals surface area contributed by atoms with Gasteiger partial charge in [0.05, 0.1) is 28.1 Å². The van der Waals surface area contributed by atoms with E-state index in [1.165, 1.54) is 0 Å². The van der Waals surface area contributed by atoms with Crippen LogP contribution in [-0.4, -0.2) is 28.7 Å². The molecule has 7 nitrogen and oxygen atoms in total. The fraction of sp³-hybridized carbons (Fsp3) is 0.238. The Morgan fingerprint density at radius 3 is 2.79 bits per heavy atom. The second-order valence-electron chi connectivity index (χ2n) is 6.44. The van der Waals surface area contributed by atoms with E-state index >= 15 is 0 Å². The number of fused-ring (bicyclic) bond motifs is 2. The first-order valence-electron chi connectivity index (χ1n) is 8.99. The highest BCUT2D eigenvalue weighted by atomic mass is 16.6. The van der Waals surface area contributed by atoms with Crippen LogP contribution >= 0.6 is 0 Å². The highest BCUT2D eigenvalue weighted by molar-refractivity contribution is 5.94. The number of ether oxygens (including phenoxy) is 2. The molecule has 0 radical (unpaired) electrons. The van der Waals surface area contributed by atoms with Gasteiger partial charge in [0.2, 0.25) is 0 Å². The number of rotatable bonds is 5. The van der Waals surface area contributed by atoms with Gasteiger partial charge >= 0.3 is 5.97 Å². The summed E-state index contributed by atoms with van der Waals surface area (Å²) in [6.45, 7) is 0.968. The number of hydrogen-bond acceptors (Lipinski definition) is 6. The van der Waals surface area contributed by atoms with Gasteiger partial charge in [-0.25, -0.2) is 9.78 Å². The van der Waals surface area contributed by atoms with Gasteiger partial charge < -0.3 is 9.47 Å². The first-order valence-corrected chi connectivity index (χ1v) is 8.99. The number of nitrogens with zero attached hydrogens (tertiary/aromatic N) is 3. The number of aromatic nitrogens is 2. The SMILES string of the molecule is N#Cc1ccc(OCCOC(=O)c2ccc3c(=O)n4c(nc3c2)CCC4)cc1. The summed E-state index contributed by atoms with van der Waals surface area (Å²) in [6, 6.07) is 13.5. The molecule has 1 aliphatic rings. The first kappa shape index (κ1) is 17.7. The molecule has 2 heterocycles. The maximum absolute atomic E-state index is 12.5. The van der Waals surface area contributed by atoms with Crippen molar-refractivity contribution in [1.82, 2.24) is 9.55 Å². The van der Waals surface area contributed by atoms with E-state index < -0.39 is 5.97 Å². The summed E-state index contributed by atoms with van der Waals surface area (Å²) in [6.07, 6.45) is 1.68. The van der Waals surface area contributed by atoms with Gasteiger partial charge in [-0.1, -0.05) is 0 Å². The molecule has 7 heteroatoms. The van der Waals surface area contributed by atoms with Crippen molar-refractivity contribution in [3.05, 3.63) is 69.8 Å². The second-order valence-corrected chi connectivity index (χ2v) is 6.44. The van der Waals surface area contributed by atoms with Crippen LogP contribution in [0.5, 0.6) is 5.75 Å². The standard InChI is InChI=1S/C21H17N3O4/c22-13-14-3-6-16(7-4-14)27-10-11-28-21(26)15-5-8-17-18(12-15)23-19-2-1-9-24(19)20(17)25/h3-8,12H,1-2,9-11H2. The van der Waals surface area contributed by atoms with Crippen molar-refractivity contribution in [2.75, 3.05) is 13.2 Å². The van der Waals surface area contributed by atoms with Crippen molar-refractivity contribution in [2.24, 2.45) is 0 Å². The molecule has 4 rings (SSSR count). The summed E-state index contributed by atoms with van der Waals surface area (Å²) in [5.74, 6) is 0.867.